The summed E-state index contributed by atoms with van der Waals surface area (Å²) in [6, 6.07) is 25.1. The molecule has 0 fully saturated rings. The summed E-state index contributed by atoms with van der Waals surface area (Å²) in [7, 11) is -2.17. The number of ether oxygens (including phenoxy) is 1. The number of benzene rings is 3. The number of nitrogens with zero attached hydrogens (tertiary/aromatic N) is 2. The number of methoxy groups -OCH3 is 1. The van der Waals surface area contributed by atoms with Gasteiger partial charge in [-0.1, -0.05) is 60.7 Å². The van der Waals surface area contributed by atoms with E-state index in [0.29, 0.717) is 17.9 Å². The van der Waals surface area contributed by atoms with E-state index in [1.54, 1.807) is 37.4 Å². The number of rotatable bonds is 5. The minimum absolute atomic E-state index is 0.228. The Morgan fingerprint density at radius 3 is 2.29 bits per heavy atom. The van der Waals surface area contributed by atoms with Crippen LogP contribution >= 0.6 is 0 Å². The van der Waals surface area contributed by atoms with Crippen LogP contribution in [-0.2, 0) is 10.0 Å². The Labute approximate surface area is 164 Å². The molecule has 142 valence electrons. The molecule has 0 bridgehead atoms. The molecule has 0 amide bonds. The molecule has 0 aromatic heterocycles. The van der Waals surface area contributed by atoms with Gasteiger partial charge in [-0.3, -0.25) is 0 Å². The van der Waals surface area contributed by atoms with Gasteiger partial charge in [0.25, 0.3) is 10.0 Å². The first-order valence-electron chi connectivity index (χ1n) is 8.96. The van der Waals surface area contributed by atoms with Gasteiger partial charge in [0.2, 0.25) is 0 Å². The van der Waals surface area contributed by atoms with Crippen LogP contribution in [0.1, 0.15) is 23.6 Å². The second kappa shape index (κ2) is 7.48. The van der Waals surface area contributed by atoms with E-state index in [1.807, 2.05) is 54.6 Å². The fourth-order valence-corrected chi connectivity index (χ4v) is 4.77. The number of hydrogen-bond donors (Lipinski definition) is 0. The SMILES string of the molecule is COc1cccc(C2=NN(S(=O)(=O)c3ccccc3)[C@H](c3ccccc3)C2)c1. The molecular formula is C22H20N2O3S. The largest absolute Gasteiger partial charge is 0.497 e. The third-order valence-electron chi connectivity index (χ3n) is 4.75. The standard InChI is InChI=1S/C22H20N2O3S/c1-27-19-12-8-11-18(15-19)21-16-22(17-9-4-2-5-10-17)24(23-21)28(25,26)20-13-6-3-7-14-20/h2-15,22H,16H2,1H3/t22-/m0/s1. The van der Waals surface area contributed by atoms with Gasteiger partial charge in [-0.05, 0) is 29.8 Å². The lowest BCUT2D eigenvalue weighted by atomic mass is 9.99. The van der Waals surface area contributed by atoms with E-state index in [2.05, 4.69) is 5.10 Å². The van der Waals surface area contributed by atoms with Crippen LogP contribution in [0.2, 0.25) is 0 Å². The lowest BCUT2D eigenvalue weighted by molar-refractivity contribution is 0.371. The first kappa shape index (κ1) is 18.3. The van der Waals surface area contributed by atoms with Crippen molar-refractivity contribution in [2.45, 2.75) is 17.4 Å². The summed E-state index contributed by atoms with van der Waals surface area (Å²) in [4.78, 5) is 0.228. The van der Waals surface area contributed by atoms with Gasteiger partial charge in [0.05, 0.1) is 23.8 Å². The Morgan fingerprint density at radius 1 is 0.929 bits per heavy atom. The number of hydrogen-bond acceptors (Lipinski definition) is 4. The van der Waals surface area contributed by atoms with Gasteiger partial charge in [-0.15, -0.1) is 0 Å². The lowest BCUT2D eigenvalue weighted by Gasteiger charge is -2.23. The van der Waals surface area contributed by atoms with E-state index in [1.165, 1.54) is 4.41 Å². The third-order valence-corrected chi connectivity index (χ3v) is 6.44. The van der Waals surface area contributed by atoms with Gasteiger partial charge in [0.15, 0.2) is 0 Å². The molecule has 1 heterocycles. The molecule has 1 atom stereocenters. The maximum atomic E-state index is 13.3. The van der Waals surface area contributed by atoms with Crippen molar-refractivity contribution < 1.29 is 13.2 Å². The molecule has 0 saturated heterocycles. The molecule has 3 aromatic rings. The molecule has 0 unspecified atom stereocenters. The molecule has 1 aliphatic rings. The summed E-state index contributed by atoms with van der Waals surface area (Å²) < 4.78 is 33.2. The zero-order chi connectivity index (χ0) is 19.6. The van der Waals surface area contributed by atoms with E-state index in [4.69, 9.17) is 4.74 Å². The van der Waals surface area contributed by atoms with Crippen LogP contribution in [0.25, 0.3) is 0 Å². The van der Waals surface area contributed by atoms with Crippen molar-refractivity contribution in [1.29, 1.82) is 0 Å². The van der Waals surface area contributed by atoms with E-state index in [9.17, 15) is 8.42 Å². The Kier molecular flexibility index (Phi) is 4.88. The van der Waals surface area contributed by atoms with Crippen LogP contribution in [-0.4, -0.2) is 25.7 Å². The van der Waals surface area contributed by atoms with E-state index in [0.717, 1.165) is 11.1 Å². The van der Waals surface area contributed by atoms with Crippen molar-refractivity contribution in [1.82, 2.24) is 4.41 Å². The van der Waals surface area contributed by atoms with Crippen LogP contribution in [0, 0.1) is 0 Å². The first-order chi connectivity index (χ1) is 13.6. The minimum atomic E-state index is -3.78. The Morgan fingerprint density at radius 2 is 1.61 bits per heavy atom. The molecule has 0 N–H and O–H groups in total. The summed E-state index contributed by atoms with van der Waals surface area (Å²) >= 11 is 0. The normalized spacial score (nSPS) is 16.7. The Balaban J connectivity index is 1.80. The highest BCUT2D eigenvalue weighted by Gasteiger charge is 2.37. The third kappa shape index (κ3) is 3.39. The van der Waals surface area contributed by atoms with E-state index in [-0.39, 0.29) is 4.90 Å². The molecule has 3 aromatic carbocycles. The van der Waals surface area contributed by atoms with Crippen LogP contribution < -0.4 is 4.74 Å². The van der Waals surface area contributed by atoms with Gasteiger partial charge in [0, 0.05) is 12.0 Å². The predicted octanol–water partition coefficient (Wildman–Crippen LogP) is 4.24. The van der Waals surface area contributed by atoms with E-state index >= 15 is 0 Å². The van der Waals surface area contributed by atoms with Crippen molar-refractivity contribution in [3.63, 3.8) is 0 Å². The van der Waals surface area contributed by atoms with Crippen LogP contribution in [0.4, 0.5) is 0 Å². The van der Waals surface area contributed by atoms with E-state index < -0.39 is 16.1 Å². The first-order valence-corrected chi connectivity index (χ1v) is 10.4. The van der Waals surface area contributed by atoms with Gasteiger partial charge < -0.3 is 4.74 Å². The van der Waals surface area contributed by atoms with Crippen molar-refractivity contribution in [3.05, 3.63) is 96.1 Å². The van der Waals surface area contributed by atoms with Gasteiger partial charge in [-0.2, -0.15) is 17.9 Å². The van der Waals surface area contributed by atoms with Crippen molar-refractivity contribution in [2.24, 2.45) is 5.10 Å². The lowest BCUT2D eigenvalue weighted by Crippen LogP contribution is -2.27. The topological polar surface area (TPSA) is 59.0 Å². The number of hydrazone groups is 1. The van der Waals surface area contributed by atoms with Gasteiger partial charge in [0.1, 0.15) is 5.75 Å². The molecule has 28 heavy (non-hydrogen) atoms. The maximum absolute atomic E-state index is 13.3. The molecule has 6 heteroatoms. The molecule has 1 aliphatic heterocycles. The molecule has 0 radical (unpaired) electrons. The summed E-state index contributed by atoms with van der Waals surface area (Å²) in [5.41, 5.74) is 2.47. The Hall–Kier alpha value is -3.12. The molecule has 0 spiro atoms. The second-order valence-corrected chi connectivity index (χ2v) is 8.30. The molecule has 4 rings (SSSR count). The molecular weight excluding hydrogens is 372 g/mol. The Bertz CT molecular complexity index is 1100. The highest BCUT2D eigenvalue weighted by atomic mass is 32.2. The summed E-state index contributed by atoms with van der Waals surface area (Å²) in [6.45, 7) is 0. The second-order valence-electron chi connectivity index (χ2n) is 6.50. The highest BCUT2D eigenvalue weighted by molar-refractivity contribution is 7.89. The average Bonchev–Trinajstić information content (AvgIpc) is 3.21. The zero-order valence-electron chi connectivity index (χ0n) is 15.4. The van der Waals surface area contributed by atoms with Crippen molar-refractivity contribution in [2.75, 3.05) is 7.11 Å². The fraction of sp³-hybridized carbons (Fsp3) is 0.136. The average molecular weight is 392 g/mol. The van der Waals surface area contributed by atoms with Crippen LogP contribution in [0.5, 0.6) is 5.75 Å². The maximum Gasteiger partial charge on any atom is 0.279 e. The zero-order valence-corrected chi connectivity index (χ0v) is 16.2. The summed E-state index contributed by atoms with van der Waals surface area (Å²) in [6.07, 6.45) is 0.489. The molecule has 0 aliphatic carbocycles. The highest BCUT2D eigenvalue weighted by Crippen LogP contribution is 2.37. The van der Waals surface area contributed by atoms with Crippen LogP contribution in [0.15, 0.2) is 94.9 Å². The van der Waals surface area contributed by atoms with Gasteiger partial charge in [-0.25, -0.2) is 0 Å². The number of sulfonamides is 1. The van der Waals surface area contributed by atoms with Crippen molar-refractivity contribution >= 4 is 15.7 Å². The predicted molar refractivity (Wildman–Crippen MR) is 109 cm³/mol. The minimum Gasteiger partial charge on any atom is -0.497 e. The quantitative estimate of drug-likeness (QED) is 0.653. The molecule has 5 nitrogen and oxygen atoms in total. The molecule has 0 saturated carbocycles. The smallest absolute Gasteiger partial charge is 0.279 e. The fourth-order valence-electron chi connectivity index (χ4n) is 3.31. The van der Waals surface area contributed by atoms with Crippen LogP contribution in [0.3, 0.4) is 0 Å². The van der Waals surface area contributed by atoms with Crippen molar-refractivity contribution in [3.8, 4) is 5.75 Å². The summed E-state index contributed by atoms with van der Waals surface area (Å²) in [5, 5.41) is 4.55. The monoisotopic (exact) mass is 392 g/mol. The summed E-state index contributed by atoms with van der Waals surface area (Å²) in [5.74, 6) is 0.709. The van der Waals surface area contributed by atoms with Gasteiger partial charge >= 0.3 is 0 Å².